The van der Waals surface area contributed by atoms with Crippen molar-refractivity contribution in [2.45, 2.75) is 17.8 Å². The summed E-state index contributed by atoms with van der Waals surface area (Å²) in [5.74, 6) is 4.42. The van der Waals surface area contributed by atoms with E-state index in [9.17, 15) is 0 Å². The van der Waals surface area contributed by atoms with Gasteiger partial charge in [0.1, 0.15) is 60.9 Å². The average Bonchev–Trinajstić information content (AvgIpc) is 3.68. The van der Waals surface area contributed by atoms with Crippen molar-refractivity contribution in [1.82, 2.24) is 0 Å². The number of hydrogen-bond acceptors (Lipinski definition) is 6. The molecular weight excluding hydrogens is 769 g/mol. The molecule has 314 valence electrons. The number of benzene rings is 6. The van der Waals surface area contributed by atoms with Gasteiger partial charge in [-0.1, -0.05) is 123 Å². The first-order valence-electron chi connectivity index (χ1n) is 20.9. The Morgan fingerprint density at radius 1 is 0.452 bits per heavy atom. The van der Waals surface area contributed by atoms with Crippen molar-refractivity contribution in [3.63, 3.8) is 0 Å². The van der Waals surface area contributed by atoms with E-state index in [0.717, 1.165) is 67.9 Å². The highest BCUT2D eigenvalue weighted by Crippen LogP contribution is 2.64. The van der Waals surface area contributed by atoms with E-state index in [4.69, 9.17) is 28.4 Å². The van der Waals surface area contributed by atoms with Gasteiger partial charge in [-0.2, -0.15) is 0 Å². The molecule has 0 heterocycles. The highest BCUT2D eigenvalue weighted by Gasteiger charge is 2.54. The quantitative estimate of drug-likeness (QED) is 0.0674. The first-order chi connectivity index (χ1) is 30.5. The third kappa shape index (κ3) is 9.10. The summed E-state index contributed by atoms with van der Waals surface area (Å²) in [4.78, 5) is 0. The maximum atomic E-state index is 6.03. The Bertz CT molecular complexity index is 2340. The van der Waals surface area contributed by atoms with Gasteiger partial charge in [0.2, 0.25) is 0 Å². The van der Waals surface area contributed by atoms with E-state index >= 15 is 0 Å². The number of ether oxygens (including phenoxy) is 6. The summed E-state index contributed by atoms with van der Waals surface area (Å²) in [5.41, 5.74) is 8.38. The molecule has 0 fully saturated rings. The number of rotatable bonds is 21. The molecule has 0 spiro atoms. The van der Waals surface area contributed by atoms with Crippen LogP contribution in [0.15, 0.2) is 196 Å². The second-order valence-corrected chi connectivity index (χ2v) is 15.0. The highest BCUT2D eigenvalue weighted by atomic mass is 16.5. The smallest absolute Gasteiger partial charge is 0.119 e. The van der Waals surface area contributed by atoms with Crippen LogP contribution in [0.2, 0.25) is 0 Å². The van der Waals surface area contributed by atoms with Crippen molar-refractivity contribution in [3.8, 4) is 34.5 Å². The van der Waals surface area contributed by atoms with Gasteiger partial charge in [0, 0.05) is 5.92 Å². The molecule has 6 heteroatoms. The Morgan fingerprint density at radius 3 is 1.11 bits per heavy atom. The van der Waals surface area contributed by atoms with Gasteiger partial charge >= 0.3 is 0 Å². The molecule has 0 aliphatic heterocycles. The van der Waals surface area contributed by atoms with Gasteiger partial charge in [0.05, 0.1) is 19.6 Å². The van der Waals surface area contributed by atoms with Crippen molar-refractivity contribution in [2.24, 2.45) is 5.92 Å². The van der Waals surface area contributed by atoms with Gasteiger partial charge in [-0.25, -0.2) is 0 Å². The fourth-order valence-corrected chi connectivity index (χ4v) is 8.81. The van der Waals surface area contributed by atoms with Crippen LogP contribution < -0.4 is 28.4 Å². The van der Waals surface area contributed by atoms with Crippen LogP contribution in [-0.2, 0) is 5.41 Å². The summed E-state index contributed by atoms with van der Waals surface area (Å²) >= 11 is 0. The fourth-order valence-electron chi connectivity index (χ4n) is 8.81. The molecule has 0 bridgehead atoms. The van der Waals surface area contributed by atoms with Crippen molar-refractivity contribution in [2.75, 3.05) is 40.6 Å². The zero-order valence-electron chi connectivity index (χ0n) is 35.6. The number of methoxy groups -OCH3 is 2. The van der Waals surface area contributed by atoms with Crippen molar-refractivity contribution in [1.29, 1.82) is 0 Å². The Hall–Kier alpha value is -7.18. The second kappa shape index (κ2) is 20.4. The normalized spacial score (nSPS) is 14.1. The van der Waals surface area contributed by atoms with Crippen LogP contribution in [0.5, 0.6) is 34.5 Å². The molecule has 6 aromatic carbocycles. The van der Waals surface area contributed by atoms with Crippen LogP contribution in [0.1, 0.15) is 45.7 Å². The monoisotopic (exact) mass is 822 g/mol. The number of hydrogen-bond donors (Lipinski definition) is 0. The summed E-state index contributed by atoms with van der Waals surface area (Å²) in [5, 5.41) is 0. The SMILES string of the molecule is C=CCOc1ccc(C2=C(c3ccc(OCC=C)cc3)C(c3ccc(OC)cc3)(c3ccc(OC)cc3)C(C(c3ccc(OCC=C)cc3)c3ccc(OCC=C)cc3)C2)cc1. The maximum Gasteiger partial charge on any atom is 0.119 e. The Balaban J connectivity index is 1.57. The predicted molar refractivity (Wildman–Crippen MR) is 252 cm³/mol. The molecular formula is C56H54O6. The van der Waals surface area contributed by atoms with E-state index in [1.807, 2.05) is 12.1 Å². The van der Waals surface area contributed by atoms with Crippen LogP contribution >= 0.6 is 0 Å². The van der Waals surface area contributed by atoms with Crippen molar-refractivity contribution in [3.05, 3.63) is 230 Å². The van der Waals surface area contributed by atoms with E-state index in [0.29, 0.717) is 32.8 Å². The largest absolute Gasteiger partial charge is 0.497 e. The van der Waals surface area contributed by atoms with Gasteiger partial charge in [-0.15, -0.1) is 0 Å². The lowest BCUT2D eigenvalue weighted by atomic mass is 9.58. The second-order valence-electron chi connectivity index (χ2n) is 15.0. The first kappa shape index (κ1) is 42.9. The van der Waals surface area contributed by atoms with Gasteiger partial charge in [-0.05, 0) is 130 Å². The van der Waals surface area contributed by atoms with Gasteiger partial charge in [0.15, 0.2) is 0 Å². The van der Waals surface area contributed by atoms with Crippen LogP contribution in [0.3, 0.4) is 0 Å². The van der Waals surface area contributed by atoms with E-state index in [2.05, 4.69) is 160 Å². The minimum Gasteiger partial charge on any atom is -0.497 e. The molecule has 0 amide bonds. The Morgan fingerprint density at radius 2 is 0.774 bits per heavy atom. The molecule has 62 heavy (non-hydrogen) atoms. The molecule has 1 aliphatic carbocycles. The summed E-state index contributed by atoms with van der Waals surface area (Å²) in [6.45, 7) is 17.1. The van der Waals surface area contributed by atoms with E-state index in [1.54, 1.807) is 38.5 Å². The minimum atomic E-state index is -0.754. The Labute approximate surface area is 366 Å². The van der Waals surface area contributed by atoms with Crippen molar-refractivity contribution < 1.29 is 28.4 Å². The van der Waals surface area contributed by atoms with Crippen molar-refractivity contribution >= 4 is 11.1 Å². The molecule has 0 N–H and O–H groups in total. The molecule has 6 nitrogen and oxygen atoms in total. The predicted octanol–water partition coefficient (Wildman–Crippen LogP) is 12.7. The fraction of sp³-hybridized carbons (Fsp3) is 0.179. The third-order valence-corrected chi connectivity index (χ3v) is 11.5. The molecule has 0 aromatic heterocycles. The minimum absolute atomic E-state index is 0.0949. The molecule has 0 saturated heterocycles. The summed E-state index contributed by atoms with van der Waals surface area (Å²) in [7, 11) is 3.41. The third-order valence-electron chi connectivity index (χ3n) is 11.5. The first-order valence-corrected chi connectivity index (χ1v) is 20.9. The molecule has 1 unspecified atom stereocenters. The Kier molecular flexibility index (Phi) is 14.1. The molecule has 1 atom stereocenters. The lowest BCUT2D eigenvalue weighted by Gasteiger charge is -2.44. The van der Waals surface area contributed by atoms with E-state index < -0.39 is 5.41 Å². The van der Waals surface area contributed by atoms with Gasteiger partial charge in [-0.3, -0.25) is 0 Å². The van der Waals surface area contributed by atoms with Crippen LogP contribution in [0, 0.1) is 5.92 Å². The number of allylic oxidation sites excluding steroid dienone is 2. The average molecular weight is 823 g/mol. The highest BCUT2D eigenvalue weighted by molar-refractivity contribution is 6.01. The van der Waals surface area contributed by atoms with Crippen LogP contribution in [-0.4, -0.2) is 40.6 Å². The summed E-state index contributed by atoms with van der Waals surface area (Å²) in [6.07, 6.45) is 7.74. The molecule has 1 aliphatic rings. The van der Waals surface area contributed by atoms with E-state index in [-0.39, 0.29) is 11.8 Å². The molecule has 0 saturated carbocycles. The summed E-state index contributed by atoms with van der Waals surface area (Å²) < 4.78 is 35.6. The van der Waals surface area contributed by atoms with E-state index in [1.165, 1.54) is 11.1 Å². The van der Waals surface area contributed by atoms with Gasteiger partial charge in [0.25, 0.3) is 0 Å². The standard InChI is InChI=1S/C56H54O6/c1-7-35-59-48-23-11-40(12-24-48)52-39-53(54(41-13-25-49(26-14-41)60-36-8-2)42-15-27-50(28-16-42)61-37-9-3)56(44-19-31-46(57-5)32-20-44,45-21-33-47(58-6)34-22-45)55(52)43-17-29-51(30-18-43)62-38-10-4/h7-34,53-54H,1-4,35-39H2,5-6H3. The summed E-state index contributed by atoms with van der Waals surface area (Å²) in [6, 6.07) is 51.1. The zero-order valence-corrected chi connectivity index (χ0v) is 35.6. The zero-order chi connectivity index (χ0) is 43.3. The van der Waals surface area contributed by atoms with Crippen LogP contribution in [0.4, 0.5) is 0 Å². The topological polar surface area (TPSA) is 55.4 Å². The molecule has 0 radical (unpaired) electrons. The molecule has 7 rings (SSSR count). The molecule has 6 aromatic rings. The lowest BCUT2D eigenvalue weighted by Crippen LogP contribution is -2.38. The van der Waals surface area contributed by atoms with Crippen LogP contribution in [0.25, 0.3) is 11.1 Å². The maximum absolute atomic E-state index is 6.03. The lowest BCUT2D eigenvalue weighted by molar-refractivity contribution is 0.359. The van der Waals surface area contributed by atoms with Gasteiger partial charge < -0.3 is 28.4 Å².